The van der Waals surface area contributed by atoms with E-state index in [0.29, 0.717) is 23.5 Å². The van der Waals surface area contributed by atoms with Crippen LogP contribution in [0.1, 0.15) is 43.7 Å². The monoisotopic (exact) mass is 598 g/mol. The van der Waals surface area contributed by atoms with E-state index in [9.17, 15) is 22.8 Å². The second kappa shape index (κ2) is 12.8. The van der Waals surface area contributed by atoms with Crippen molar-refractivity contribution in [2.45, 2.75) is 19.1 Å². The fourth-order valence-corrected chi connectivity index (χ4v) is 4.92. The molecule has 3 aromatic heterocycles. The normalized spacial score (nSPS) is 15.1. The van der Waals surface area contributed by atoms with Crippen LogP contribution in [0.3, 0.4) is 0 Å². The van der Waals surface area contributed by atoms with Crippen molar-refractivity contribution in [2.75, 3.05) is 56.7 Å². The molecule has 0 aromatic carbocycles. The number of carbonyl (C=O) groups is 2. The van der Waals surface area contributed by atoms with Gasteiger partial charge in [0.05, 0.1) is 29.4 Å². The van der Waals surface area contributed by atoms with Crippen molar-refractivity contribution in [3.63, 3.8) is 0 Å². The van der Waals surface area contributed by atoms with Gasteiger partial charge in [0, 0.05) is 52.1 Å². The van der Waals surface area contributed by atoms with Crippen molar-refractivity contribution in [1.29, 1.82) is 0 Å². The van der Waals surface area contributed by atoms with Crippen LogP contribution >= 0.6 is 22.9 Å². The van der Waals surface area contributed by atoms with E-state index in [1.165, 1.54) is 12.5 Å². The van der Waals surface area contributed by atoms with Gasteiger partial charge in [-0.15, -0.1) is 11.3 Å². The molecule has 2 amide bonds. The highest BCUT2D eigenvalue weighted by Gasteiger charge is 2.34. The highest BCUT2D eigenvalue weighted by molar-refractivity contribution is 7.13. The van der Waals surface area contributed by atoms with Gasteiger partial charge in [0.1, 0.15) is 33.5 Å². The third-order valence-corrected chi connectivity index (χ3v) is 7.54. The summed E-state index contributed by atoms with van der Waals surface area (Å²) in [5, 5.41) is 4.95. The number of hydrogen-bond acceptors (Lipinski definition) is 10. The summed E-state index contributed by atoms with van der Waals surface area (Å²) in [5.74, 6) is -0.806. The molecule has 0 saturated carbocycles. The number of methoxy groups -OCH3 is 1. The second-order valence-electron chi connectivity index (χ2n) is 8.84. The van der Waals surface area contributed by atoms with E-state index in [4.69, 9.17) is 16.3 Å². The van der Waals surface area contributed by atoms with Crippen LogP contribution in [0.15, 0.2) is 30.9 Å². The number of amides is 2. The number of thiazole rings is 1. The number of nitrogens with zero attached hydrogens (tertiary/aromatic N) is 6. The van der Waals surface area contributed by atoms with Crippen LogP contribution in [-0.2, 0) is 10.9 Å². The van der Waals surface area contributed by atoms with E-state index in [-0.39, 0.29) is 16.4 Å². The summed E-state index contributed by atoms with van der Waals surface area (Å²) in [6.45, 7) is 6.43. The molecular formula is C24H26ClF3N8O3S. The van der Waals surface area contributed by atoms with Gasteiger partial charge in [-0.1, -0.05) is 11.6 Å². The fourth-order valence-electron chi connectivity index (χ4n) is 3.89. The Morgan fingerprint density at radius 3 is 2.55 bits per heavy atom. The zero-order chi connectivity index (χ0) is 28.9. The van der Waals surface area contributed by atoms with Gasteiger partial charge in [-0.25, -0.2) is 19.9 Å². The Bertz CT molecular complexity index is 1350. The first kappa shape index (κ1) is 29.6. The van der Waals surface area contributed by atoms with Crippen molar-refractivity contribution in [1.82, 2.24) is 30.2 Å². The van der Waals surface area contributed by atoms with Crippen LogP contribution in [-0.4, -0.2) is 83.1 Å². The van der Waals surface area contributed by atoms with Gasteiger partial charge in [-0.3, -0.25) is 14.5 Å². The topological polar surface area (TPSA) is 125 Å². The molecule has 40 heavy (non-hydrogen) atoms. The molecule has 1 atom stereocenters. The zero-order valence-electron chi connectivity index (χ0n) is 21.5. The maximum atomic E-state index is 13.1. The minimum absolute atomic E-state index is 0.121. The first-order valence-corrected chi connectivity index (χ1v) is 13.3. The SMILES string of the molecule is COCCN1CCN(c2cc(C(=O)N[C@H](C)c3ncc(C(=O)Nc4cc(C(F)(F)F)c(Cl)cn4)s3)ncn2)CC1. The highest BCUT2D eigenvalue weighted by Crippen LogP contribution is 2.35. The summed E-state index contributed by atoms with van der Waals surface area (Å²) >= 11 is 6.55. The number of alkyl halides is 3. The quantitative estimate of drug-likeness (QED) is 0.381. The molecule has 4 heterocycles. The molecule has 1 aliphatic rings. The lowest BCUT2D eigenvalue weighted by molar-refractivity contribution is -0.137. The van der Waals surface area contributed by atoms with E-state index in [2.05, 4.69) is 40.4 Å². The third kappa shape index (κ3) is 7.41. The maximum absolute atomic E-state index is 13.1. The zero-order valence-corrected chi connectivity index (χ0v) is 23.1. The number of anilines is 2. The molecule has 16 heteroatoms. The summed E-state index contributed by atoms with van der Waals surface area (Å²) in [5.41, 5.74) is -0.930. The van der Waals surface area contributed by atoms with E-state index in [1.54, 1.807) is 20.1 Å². The number of hydrogen-bond donors (Lipinski definition) is 2. The number of halogens is 4. The van der Waals surface area contributed by atoms with E-state index < -0.39 is 34.6 Å². The van der Waals surface area contributed by atoms with Gasteiger partial charge in [-0.2, -0.15) is 13.2 Å². The molecule has 1 fully saturated rings. The lowest BCUT2D eigenvalue weighted by Gasteiger charge is -2.35. The largest absolute Gasteiger partial charge is 0.418 e. The van der Waals surface area contributed by atoms with E-state index >= 15 is 0 Å². The van der Waals surface area contributed by atoms with Crippen LogP contribution in [0.5, 0.6) is 0 Å². The molecule has 0 bridgehead atoms. The molecule has 4 rings (SSSR count). The van der Waals surface area contributed by atoms with E-state index in [0.717, 1.165) is 50.3 Å². The molecule has 214 valence electrons. The minimum atomic E-state index is -4.70. The smallest absolute Gasteiger partial charge is 0.383 e. The number of pyridine rings is 1. The summed E-state index contributed by atoms with van der Waals surface area (Å²) in [4.78, 5) is 46.3. The summed E-state index contributed by atoms with van der Waals surface area (Å²) < 4.78 is 44.4. The number of carbonyl (C=O) groups excluding carboxylic acids is 2. The predicted molar refractivity (Wildman–Crippen MR) is 143 cm³/mol. The molecule has 0 radical (unpaired) electrons. The Labute approximate surface area is 236 Å². The average Bonchev–Trinajstić information content (AvgIpc) is 3.44. The summed E-state index contributed by atoms with van der Waals surface area (Å²) in [6, 6.07) is 1.71. The molecule has 0 spiro atoms. The van der Waals surface area contributed by atoms with Crippen molar-refractivity contribution >= 4 is 46.4 Å². The number of nitrogens with one attached hydrogen (secondary N) is 2. The molecule has 3 aromatic rings. The third-order valence-electron chi connectivity index (χ3n) is 6.06. The first-order valence-electron chi connectivity index (χ1n) is 12.1. The molecule has 11 nitrogen and oxygen atoms in total. The van der Waals surface area contributed by atoms with E-state index in [1.807, 2.05) is 0 Å². The molecule has 1 aliphatic heterocycles. The van der Waals surface area contributed by atoms with Crippen LogP contribution < -0.4 is 15.5 Å². The van der Waals surface area contributed by atoms with Gasteiger partial charge in [0.2, 0.25) is 0 Å². The van der Waals surface area contributed by atoms with Crippen LogP contribution in [0.25, 0.3) is 0 Å². The molecule has 2 N–H and O–H groups in total. The Balaban J connectivity index is 1.35. The van der Waals surface area contributed by atoms with Gasteiger partial charge in [-0.05, 0) is 13.0 Å². The fraction of sp³-hybridized carbons (Fsp3) is 0.417. The lowest BCUT2D eigenvalue weighted by atomic mass is 10.2. The predicted octanol–water partition coefficient (Wildman–Crippen LogP) is 3.51. The standard InChI is InChI=1S/C24H26ClF3N8O3S/c1-14(23-30-12-18(40-23)22(38)34-19-9-15(24(26,27)28)16(25)11-29-19)33-21(37)17-10-20(32-13-31-17)36-5-3-35(4-6-36)7-8-39-2/h9-14H,3-8H2,1-2H3,(H,33,37)(H,29,34,38)/t14-/m1/s1. The summed E-state index contributed by atoms with van der Waals surface area (Å²) in [6.07, 6.45) is -1.27. The van der Waals surface area contributed by atoms with Crippen molar-refractivity contribution in [3.05, 3.63) is 57.0 Å². The van der Waals surface area contributed by atoms with Crippen molar-refractivity contribution in [3.8, 4) is 0 Å². The van der Waals surface area contributed by atoms with Crippen molar-refractivity contribution < 1.29 is 27.5 Å². The Morgan fingerprint density at radius 2 is 1.85 bits per heavy atom. The average molecular weight is 599 g/mol. The van der Waals surface area contributed by atoms with Crippen LogP contribution in [0.4, 0.5) is 24.8 Å². The lowest BCUT2D eigenvalue weighted by Crippen LogP contribution is -2.47. The van der Waals surface area contributed by atoms with Gasteiger partial charge < -0.3 is 20.3 Å². The second-order valence-corrected chi connectivity index (χ2v) is 10.3. The molecular weight excluding hydrogens is 573 g/mol. The molecule has 0 unspecified atom stereocenters. The molecule has 1 saturated heterocycles. The Hall–Kier alpha value is -3.40. The minimum Gasteiger partial charge on any atom is -0.383 e. The maximum Gasteiger partial charge on any atom is 0.418 e. The Kier molecular flexibility index (Phi) is 9.50. The van der Waals surface area contributed by atoms with Gasteiger partial charge in [0.15, 0.2) is 0 Å². The number of piperazine rings is 1. The van der Waals surface area contributed by atoms with Gasteiger partial charge in [0.25, 0.3) is 11.8 Å². The van der Waals surface area contributed by atoms with Crippen LogP contribution in [0, 0.1) is 0 Å². The molecule has 0 aliphatic carbocycles. The first-order chi connectivity index (χ1) is 19.0. The number of rotatable bonds is 9. The summed E-state index contributed by atoms with van der Waals surface area (Å²) in [7, 11) is 1.67. The number of aromatic nitrogens is 4. The Morgan fingerprint density at radius 1 is 1.10 bits per heavy atom. The highest BCUT2D eigenvalue weighted by atomic mass is 35.5. The van der Waals surface area contributed by atoms with Gasteiger partial charge >= 0.3 is 6.18 Å². The van der Waals surface area contributed by atoms with Crippen molar-refractivity contribution in [2.24, 2.45) is 0 Å². The van der Waals surface area contributed by atoms with Crippen LogP contribution in [0.2, 0.25) is 5.02 Å². The number of ether oxygens (including phenoxy) is 1.